The number of hydrogen-bond acceptors (Lipinski definition) is 4. The lowest BCUT2D eigenvalue weighted by Crippen LogP contribution is -2.35. The molecule has 0 unspecified atom stereocenters. The van der Waals surface area contributed by atoms with Gasteiger partial charge in [0.15, 0.2) is 0 Å². The molecule has 1 heterocycles. The molecule has 3 N–H and O–H groups in total. The Bertz CT molecular complexity index is 663. The molecule has 0 bridgehead atoms. The van der Waals surface area contributed by atoms with Gasteiger partial charge in [0.2, 0.25) is 0 Å². The van der Waals surface area contributed by atoms with Crippen LogP contribution in [-0.2, 0) is 6.42 Å². The van der Waals surface area contributed by atoms with Crippen LogP contribution in [0.1, 0.15) is 35.8 Å². The molecule has 7 heteroatoms. The number of aryl methyl sites for hydroxylation is 1. The van der Waals surface area contributed by atoms with Gasteiger partial charge in [0, 0.05) is 30.3 Å². The molecule has 1 aromatic heterocycles. The first-order chi connectivity index (χ1) is 10.6. The third-order valence-corrected chi connectivity index (χ3v) is 4.11. The highest BCUT2D eigenvalue weighted by Crippen LogP contribution is 2.35. The summed E-state index contributed by atoms with van der Waals surface area (Å²) in [7, 11) is 0. The summed E-state index contributed by atoms with van der Waals surface area (Å²) in [6.45, 7) is 2.53. The van der Waals surface area contributed by atoms with Gasteiger partial charge in [-0.15, -0.1) is 24.8 Å². The predicted octanol–water partition coefficient (Wildman–Crippen LogP) is 3.63. The minimum Gasteiger partial charge on any atom is -0.370 e. The molecule has 1 aliphatic rings. The van der Waals surface area contributed by atoms with Gasteiger partial charge in [-0.2, -0.15) is 0 Å². The Morgan fingerprint density at radius 2 is 1.92 bits per heavy atom. The zero-order valence-corrected chi connectivity index (χ0v) is 15.2. The van der Waals surface area contributed by atoms with Gasteiger partial charge in [-0.05, 0) is 37.8 Å². The number of rotatable bonds is 5. The van der Waals surface area contributed by atoms with Crippen LogP contribution < -0.4 is 11.1 Å². The van der Waals surface area contributed by atoms with Crippen LogP contribution in [0.4, 0.5) is 10.2 Å². The first-order valence-corrected chi connectivity index (χ1v) is 7.70. The molecule has 0 atom stereocenters. The number of hydrogen-bond donors (Lipinski definition) is 2. The third-order valence-electron chi connectivity index (χ3n) is 4.11. The van der Waals surface area contributed by atoms with Crippen LogP contribution >= 0.6 is 24.8 Å². The number of halogens is 3. The molecule has 4 nitrogen and oxygen atoms in total. The van der Waals surface area contributed by atoms with E-state index in [-0.39, 0.29) is 30.6 Å². The van der Waals surface area contributed by atoms with Crippen LogP contribution in [0.15, 0.2) is 30.3 Å². The molecular weight excluding hydrogens is 350 g/mol. The van der Waals surface area contributed by atoms with Crippen molar-refractivity contribution < 1.29 is 4.39 Å². The van der Waals surface area contributed by atoms with E-state index in [0.29, 0.717) is 30.5 Å². The van der Waals surface area contributed by atoms with Gasteiger partial charge in [0.25, 0.3) is 0 Å². The molecule has 24 heavy (non-hydrogen) atoms. The van der Waals surface area contributed by atoms with Gasteiger partial charge in [0.05, 0.1) is 0 Å². The summed E-state index contributed by atoms with van der Waals surface area (Å²) in [5.74, 6) is 1.85. The second-order valence-corrected chi connectivity index (χ2v) is 5.92. The van der Waals surface area contributed by atoms with Crippen molar-refractivity contribution in [1.29, 1.82) is 0 Å². The molecule has 1 aliphatic carbocycles. The Balaban J connectivity index is 0.00000144. The Hall–Kier alpha value is -1.43. The maximum absolute atomic E-state index is 13.6. The maximum atomic E-state index is 13.6. The van der Waals surface area contributed by atoms with Crippen LogP contribution in [0.5, 0.6) is 0 Å². The van der Waals surface area contributed by atoms with Crippen molar-refractivity contribution in [2.45, 2.75) is 38.1 Å². The number of nitrogens with two attached hydrogens (primary N) is 1. The average molecular weight is 373 g/mol. The molecule has 1 fully saturated rings. The van der Waals surface area contributed by atoms with E-state index < -0.39 is 0 Å². The predicted molar refractivity (Wildman–Crippen MR) is 99.8 cm³/mol. The summed E-state index contributed by atoms with van der Waals surface area (Å²) in [5.41, 5.74) is 7.62. The molecule has 3 rings (SSSR count). The van der Waals surface area contributed by atoms with Gasteiger partial charge in [-0.3, -0.25) is 0 Å². The van der Waals surface area contributed by atoms with Crippen molar-refractivity contribution in [2.24, 2.45) is 5.73 Å². The summed E-state index contributed by atoms with van der Waals surface area (Å²) < 4.78 is 13.6. The van der Waals surface area contributed by atoms with Crippen LogP contribution in [-0.4, -0.2) is 22.6 Å². The minimum atomic E-state index is -0.160. The van der Waals surface area contributed by atoms with Crippen molar-refractivity contribution in [1.82, 2.24) is 9.97 Å². The summed E-state index contributed by atoms with van der Waals surface area (Å²) in [6.07, 6.45) is 2.61. The molecule has 0 aliphatic heterocycles. The largest absolute Gasteiger partial charge is 0.370 e. The number of benzene rings is 1. The van der Waals surface area contributed by atoms with E-state index in [0.717, 1.165) is 30.2 Å². The quantitative estimate of drug-likeness (QED) is 0.840. The van der Waals surface area contributed by atoms with E-state index in [1.807, 2.05) is 25.1 Å². The summed E-state index contributed by atoms with van der Waals surface area (Å²) in [4.78, 5) is 8.90. The van der Waals surface area contributed by atoms with Gasteiger partial charge < -0.3 is 11.1 Å². The van der Waals surface area contributed by atoms with Crippen molar-refractivity contribution in [3.63, 3.8) is 0 Å². The Kier molecular flexibility index (Phi) is 7.87. The van der Waals surface area contributed by atoms with E-state index in [4.69, 9.17) is 5.73 Å². The van der Waals surface area contributed by atoms with Crippen molar-refractivity contribution in [3.8, 4) is 0 Å². The van der Waals surface area contributed by atoms with Gasteiger partial charge in [0.1, 0.15) is 17.5 Å². The molecule has 0 radical (unpaired) electrons. The SMILES string of the molecule is Cc1nc(NCCc2ccccc2F)cc(C2CC(N)C2)n1.Cl.Cl. The monoisotopic (exact) mass is 372 g/mol. The highest BCUT2D eigenvalue weighted by atomic mass is 35.5. The van der Waals surface area contributed by atoms with Crippen molar-refractivity contribution in [3.05, 3.63) is 53.2 Å². The smallest absolute Gasteiger partial charge is 0.129 e. The first-order valence-electron chi connectivity index (χ1n) is 7.70. The topological polar surface area (TPSA) is 63.8 Å². The zero-order chi connectivity index (χ0) is 15.5. The average Bonchev–Trinajstić information content (AvgIpc) is 2.45. The standard InChI is InChI=1S/C17H21FN4.2ClH/c1-11-21-16(13-8-14(19)9-13)10-17(22-11)20-7-6-12-4-2-3-5-15(12)18;;/h2-5,10,13-14H,6-9,19H2,1H3,(H,20,21,22);2*1H. The minimum absolute atomic E-state index is 0. The Morgan fingerprint density at radius 1 is 1.21 bits per heavy atom. The van der Waals surface area contributed by atoms with E-state index in [1.54, 1.807) is 6.07 Å². The highest BCUT2D eigenvalue weighted by Gasteiger charge is 2.28. The maximum Gasteiger partial charge on any atom is 0.129 e. The lowest BCUT2D eigenvalue weighted by Gasteiger charge is -2.32. The molecular formula is C17H23Cl2FN4. The normalized spacial score (nSPS) is 18.8. The van der Waals surface area contributed by atoms with E-state index in [9.17, 15) is 4.39 Å². The van der Waals surface area contributed by atoms with E-state index in [2.05, 4.69) is 15.3 Å². The number of anilines is 1. The lowest BCUT2D eigenvalue weighted by molar-refractivity contribution is 0.344. The Morgan fingerprint density at radius 3 is 2.58 bits per heavy atom. The van der Waals surface area contributed by atoms with Crippen molar-refractivity contribution >= 4 is 30.6 Å². The fraction of sp³-hybridized carbons (Fsp3) is 0.412. The number of nitrogens with zero attached hydrogens (tertiary/aromatic N) is 2. The molecule has 0 saturated heterocycles. The lowest BCUT2D eigenvalue weighted by atomic mass is 9.78. The fourth-order valence-corrected chi connectivity index (χ4v) is 2.82. The molecule has 2 aromatic rings. The first kappa shape index (κ1) is 20.6. The van der Waals surface area contributed by atoms with Crippen molar-refractivity contribution in [2.75, 3.05) is 11.9 Å². The van der Waals surface area contributed by atoms with E-state index in [1.165, 1.54) is 6.07 Å². The molecule has 0 spiro atoms. The van der Waals surface area contributed by atoms with Crippen LogP contribution in [0.3, 0.4) is 0 Å². The zero-order valence-electron chi connectivity index (χ0n) is 13.5. The number of aromatic nitrogens is 2. The van der Waals surface area contributed by atoms with Crippen LogP contribution in [0, 0.1) is 12.7 Å². The summed E-state index contributed by atoms with van der Waals surface area (Å²) >= 11 is 0. The van der Waals surface area contributed by atoms with E-state index >= 15 is 0 Å². The van der Waals surface area contributed by atoms with Crippen LogP contribution in [0.2, 0.25) is 0 Å². The van der Waals surface area contributed by atoms with Gasteiger partial charge in [-0.1, -0.05) is 18.2 Å². The second-order valence-electron chi connectivity index (χ2n) is 5.92. The summed E-state index contributed by atoms with van der Waals surface area (Å²) in [5, 5.41) is 3.27. The van der Waals surface area contributed by atoms with Gasteiger partial charge in [-0.25, -0.2) is 14.4 Å². The summed E-state index contributed by atoms with van der Waals surface area (Å²) in [6, 6.07) is 9.15. The molecule has 1 saturated carbocycles. The second kappa shape index (κ2) is 9.16. The molecule has 1 aromatic carbocycles. The highest BCUT2D eigenvalue weighted by molar-refractivity contribution is 5.85. The third kappa shape index (κ3) is 5.03. The van der Waals surface area contributed by atoms with Crippen LogP contribution in [0.25, 0.3) is 0 Å². The molecule has 132 valence electrons. The number of nitrogens with one attached hydrogen (secondary N) is 1. The fourth-order valence-electron chi connectivity index (χ4n) is 2.82. The Labute approximate surface area is 154 Å². The molecule has 0 amide bonds. The van der Waals surface area contributed by atoms with Gasteiger partial charge >= 0.3 is 0 Å².